The Hall–Kier alpha value is -3.04. The van der Waals surface area contributed by atoms with Crippen molar-refractivity contribution in [3.63, 3.8) is 0 Å². The summed E-state index contributed by atoms with van der Waals surface area (Å²) >= 11 is 0. The Morgan fingerprint density at radius 3 is 2.71 bits per heavy atom. The van der Waals surface area contributed by atoms with Crippen LogP contribution in [-0.4, -0.2) is 62.7 Å². The molecule has 1 fully saturated rings. The molecular weight excluding hydrogens is 396 g/mol. The van der Waals surface area contributed by atoms with Gasteiger partial charge in [0.1, 0.15) is 17.8 Å². The van der Waals surface area contributed by atoms with Gasteiger partial charge >= 0.3 is 0 Å². The lowest BCUT2D eigenvalue weighted by Gasteiger charge is -2.29. The summed E-state index contributed by atoms with van der Waals surface area (Å²) in [5, 5.41) is 7.40. The lowest BCUT2D eigenvalue weighted by Crippen LogP contribution is -2.39. The third kappa shape index (κ3) is 5.36. The van der Waals surface area contributed by atoms with Crippen LogP contribution < -0.4 is 5.32 Å². The summed E-state index contributed by atoms with van der Waals surface area (Å²) in [7, 11) is 3.54. The van der Waals surface area contributed by atoms with Crippen LogP contribution in [0, 0.1) is 0 Å². The number of aryl methyl sites for hydroxylation is 1. The van der Waals surface area contributed by atoms with Crippen molar-refractivity contribution in [1.82, 2.24) is 29.6 Å². The van der Waals surface area contributed by atoms with E-state index in [1.165, 1.54) is 0 Å². The Morgan fingerprint density at radius 1 is 1.19 bits per heavy atom. The van der Waals surface area contributed by atoms with E-state index in [0.29, 0.717) is 24.7 Å². The summed E-state index contributed by atoms with van der Waals surface area (Å²) in [5.41, 5.74) is 2.18. The predicted molar refractivity (Wildman–Crippen MR) is 115 cm³/mol. The number of ether oxygens (including phenoxy) is 2. The van der Waals surface area contributed by atoms with Crippen LogP contribution >= 0.6 is 0 Å². The Balaban J connectivity index is 1.47. The van der Waals surface area contributed by atoms with Crippen LogP contribution in [0.25, 0.3) is 16.9 Å². The topological polar surface area (TPSA) is 96.1 Å². The van der Waals surface area contributed by atoms with E-state index in [1.807, 2.05) is 31.6 Å². The first-order valence-electron chi connectivity index (χ1n) is 10.5. The standard InChI is InChI=1S/C22H28N6O3/c1-27-14-17(13-24-27)16-11-20(26-21(12-16)28-8-7-23-15-28)22(29)25-18-3-5-19(6-4-18)31-10-9-30-2/h7-8,11-15,18-19H,3-6,9-10H2,1-2H3,(H,25,29). The van der Waals surface area contributed by atoms with E-state index >= 15 is 0 Å². The number of hydrogen-bond acceptors (Lipinski definition) is 6. The first-order valence-corrected chi connectivity index (χ1v) is 10.5. The number of methoxy groups -OCH3 is 1. The van der Waals surface area contributed by atoms with Gasteiger partial charge in [-0.1, -0.05) is 0 Å². The average Bonchev–Trinajstić information content (AvgIpc) is 3.47. The van der Waals surface area contributed by atoms with Gasteiger partial charge in [0.15, 0.2) is 0 Å². The maximum atomic E-state index is 13.0. The SMILES string of the molecule is COCCOC1CCC(NC(=O)c2cc(-c3cnn(C)c3)cc(-n3ccnc3)n2)CC1. The molecular formula is C22H28N6O3. The van der Waals surface area contributed by atoms with Crippen LogP contribution in [0.4, 0.5) is 0 Å². The van der Waals surface area contributed by atoms with Crippen LogP contribution in [0.15, 0.2) is 43.2 Å². The quantitative estimate of drug-likeness (QED) is 0.558. The third-order valence-electron chi connectivity index (χ3n) is 5.50. The van der Waals surface area contributed by atoms with Gasteiger partial charge in [-0.25, -0.2) is 9.97 Å². The number of nitrogens with one attached hydrogen (secondary N) is 1. The highest BCUT2D eigenvalue weighted by Gasteiger charge is 2.24. The molecule has 0 unspecified atom stereocenters. The Bertz CT molecular complexity index is 993. The van der Waals surface area contributed by atoms with Gasteiger partial charge in [-0.15, -0.1) is 0 Å². The van der Waals surface area contributed by atoms with Gasteiger partial charge in [0.05, 0.1) is 25.5 Å². The number of hydrogen-bond donors (Lipinski definition) is 1. The van der Waals surface area contributed by atoms with Crippen molar-refractivity contribution in [2.45, 2.75) is 37.8 Å². The summed E-state index contributed by atoms with van der Waals surface area (Å²) in [6.07, 6.45) is 12.7. The molecule has 0 aliphatic heterocycles. The molecule has 9 heteroatoms. The first kappa shape index (κ1) is 21.2. The molecule has 1 N–H and O–H groups in total. The molecule has 164 valence electrons. The molecule has 1 aliphatic carbocycles. The molecule has 3 heterocycles. The number of aromatic nitrogens is 5. The molecule has 0 spiro atoms. The number of carbonyl (C=O) groups excluding carboxylic acids is 1. The summed E-state index contributed by atoms with van der Waals surface area (Å²) in [6, 6.07) is 3.86. The van der Waals surface area contributed by atoms with Gasteiger partial charge in [-0.3, -0.25) is 14.0 Å². The molecule has 31 heavy (non-hydrogen) atoms. The second-order valence-electron chi connectivity index (χ2n) is 7.78. The van der Waals surface area contributed by atoms with Crippen LogP contribution in [0.1, 0.15) is 36.2 Å². The zero-order chi connectivity index (χ0) is 21.6. The zero-order valence-electron chi connectivity index (χ0n) is 17.9. The fourth-order valence-corrected chi connectivity index (χ4v) is 3.83. The number of imidazole rings is 1. The highest BCUT2D eigenvalue weighted by molar-refractivity contribution is 5.94. The van der Waals surface area contributed by atoms with Gasteiger partial charge in [0.2, 0.25) is 0 Å². The molecule has 1 saturated carbocycles. The van der Waals surface area contributed by atoms with Crippen molar-refractivity contribution in [3.05, 3.63) is 48.9 Å². The Morgan fingerprint density at radius 2 is 2.03 bits per heavy atom. The molecule has 0 atom stereocenters. The minimum Gasteiger partial charge on any atom is -0.382 e. The molecule has 0 saturated heterocycles. The van der Waals surface area contributed by atoms with Crippen molar-refractivity contribution in [2.24, 2.45) is 7.05 Å². The van der Waals surface area contributed by atoms with Crippen molar-refractivity contribution in [1.29, 1.82) is 0 Å². The molecule has 0 aromatic carbocycles. The maximum absolute atomic E-state index is 13.0. The summed E-state index contributed by atoms with van der Waals surface area (Å²) in [5.74, 6) is 0.468. The average molecular weight is 425 g/mol. The number of carbonyl (C=O) groups is 1. The monoisotopic (exact) mass is 424 g/mol. The van der Waals surface area contributed by atoms with Crippen molar-refractivity contribution in [3.8, 4) is 16.9 Å². The third-order valence-corrected chi connectivity index (χ3v) is 5.50. The number of nitrogens with zero attached hydrogens (tertiary/aromatic N) is 5. The summed E-state index contributed by atoms with van der Waals surface area (Å²) in [4.78, 5) is 21.7. The predicted octanol–water partition coefficient (Wildman–Crippen LogP) is 2.37. The van der Waals surface area contributed by atoms with E-state index in [-0.39, 0.29) is 18.1 Å². The molecule has 0 bridgehead atoms. The van der Waals surface area contributed by atoms with E-state index in [4.69, 9.17) is 9.47 Å². The minimum atomic E-state index is -0.171. The first-order chi connectivity index (χ1) is 15.1. The molecule has 1 amide bonds. The molecule has 0 radical (unpaired) electrons. The molecule has 9 nitrogen and oxygen atoms in total. The van der Waals surface area contributed by atoms with Crippen molar-refractivity contribution >= 4 is 5.91 Å². The number of amides is 1. The highest BCUT2D eigenvalue weighted by atomic mass is 16.5. The fraction of sp³-hybridized carbons (Fsp3) is 0.455. The van der Waals surface area contributed by atoms with E-state index in [2.05, 4.69) is 20.4 Å². The van der Waals surface area contributed by atoms with E-state index in [9.17, 15) is 4.79 Å². The second-order valence-corrected chi connectivity index (χ2v) is 7.78. The van der Waals surface area contributed by atoms with Gasteiger partial charge in [0, 0.05) is 44.4 Å². The van der Waals surface area contributed by atoms with Gasteiger partial charge in [0.25, 0.3) is 5.91 Å². The second kappa shape index (κ2) is 9.84. The smallest absolute Gasteiger partial charge is 0.270 e. The Labute approximate surface area is 181 Å². The number of pyridine rings is 1. The van der Waals surface area contributed by atoms with Crippen LogP contribution in [-0.2, 0) is 16.5 Å². The van der Waals surface area contributed by atoms with Crippen LogP contribution in [0.2, 0.25) is 0 Å². The zero-order valence-corrected chi connectivity index (χ0v) is 17.9. The van der Waals surface area contributed by atoms with Crippen molar-refractivity contribution < 1.29 is 14.3 Å². The molecule has 3 aromatic rings. The highest BCUT2D eigenvalue weighted by Crippen LogP contribution is 2.24. The minimum absolute atomic E-state index is 0.121. The molecule has 4 rings (SSSR count). The molecule has 1 aliphatic rings. The van der Waals surface area contributed by atoms with E-state index < -0.39 is 0 Å². The lowest BCUT2D eigenvalue weighted by molar-refractivity contribution is -0.00409. The van der Waals surface area contributed by atoms with Gasteiger partial charge in [-0.05, 0) is 43.4 Å². The van der Waals surface area contributed by atoms with Gasteiger partial charge < -0.3 is 14.8 Å². The summed E-state index contributed by atoms with van der Waals surface area (Å²) in [6.45, 7) is 1.22. The largest absolute Gasteiger partial charge is 0.382 e. The van der Waals surface area contributed by atoms with Crippen molar-refractivity contribution in [2.75, 3.05) is 20.3 Å². The van der Waals surface area contributed by atoms with E-state index in [1.54, 1.807) is 35.1 Å². The van der Waals surface area contributed by atoms with Crippen LogP contribution in [0.5, 0.6) is 0 Å². The lowest BCUT2D eigenvalue weighted by atomic mass is 9.93. The maximum Gasteiger partial charge on any atom is 0.270 e. The molecule has 3 aromatic heterocycles. The van der Waals surface area contributed by atoms with Gasteiger partial charge in [-0.2, -0.15) is 5.10 Å². The fourth-order valence-electron chi connectivity index (χ4n) is 3.83. The number of rotatable bonds is 8. The van der Waals surface area contributed by atoms with E-state index in [0.717, 1.165) is 36.8 Å². The summed E-state index contributed by atoms with van der Waals surface area (Å²) < 4.78 is 14.4. The van der Waals surface area contributed by atoms with Crippen LogP contribution in [0.3, 0.4) is 0 Å². The Kier molecular flexibility index (Phi) is 6.73. The normalized spacial score (nSPS) is 18.8.